The van der Waals surface area contributed by atoms with Gasteiger partial charge in [-0.3, -0.25) is 24.5 Å². The average molecular weight is 385 g/mol. The van der Waals surface area contributed by atoms with E-state index in [1.165, 1.54) is 24.3 Å². The van der Waals surface area contributed by atoms with Crippen molar-refractivity contribution in [3.8, 4) is 0 Å². The first-order valence-corrected chi connectivity index (χ1v) is 8.40. The van der Waals surface area contributed by atoms with E-state index in [0.717, 1.165) is 5.56 Å². The van der Waals surface area contributed by atoms with Gasteiger partial charge in [0.1, 0.15) is 0 Å². The molecule has 0 aliphatic heterocycles. The quantitative estimate of drug-likeness (QED) is 0.408. The molecule has 0 fully saturated rings. The number of benzene rings is 2. The van der Waals surface area contributed by atoms with Crippen LogP contribution in [0.1, 0.15) is 18.4 Å². The molecular formula is C19H19N3O6. The van der Waals surface area contributed by atoms with Crippen LogP contribution in [0.5, 0.6) is 0 Å². The SMILES string of the molecule is Cc1ccc(NC(=O)COC(=O)CCC(=O)Nc2cccc([N+](=O)[O-])c2)cc1. The third-order valence-electron chi connectivity index (χ3n) is 3.60. The van der Waals surface area contributed by atoms with Gasteiger partial charge >= 0.3 is 5.97 Å². The smallest absolute Gasteiger partial charge is 0.306 e. The number of rotatable bonds is 8. The molecule has 2 rings (SSSR count). The maximum atomic E-state index is 11.8. The van der Waals surface area contributed by atoms with Crippen molar-refractivity contribution in [2.24, 2.45) is 0 Å². The van der Waals surface area contributed by atoms with E-state index < -0.39 is 29.3 Å². The van der Waals surface area contributed by atoms with Crippen LogP contribution >= 0.6 is 0 Å². The summed E-state index contributed by atoms with van der Waals surface area (Å²) < 4.78 is 4.83. The molecule has 0 bridgehead atoms. The fourth-order valence-electron chi connectivity index (χ4n) is 2.19. The molecule has 0 aliphatic carbocycles. The Bertz CT molecular complexity index is 879. The molecule has 0 saturated carbocycles. The summed E-state index contributed by atoms with van der Waals surface area (Å²) in [5.41, 5.74) is 1.73. The molecule has 2 aromatic carbocycles. The standard InChI is InChI=1S/C19H19N3O6/c1-13-5-7-14(8-6-13)20-18(24)12-28-19(25)10-9-17(23)21-15-3-2-4-16(11-15)22(26)27/h2-8,11H,9-10,12H2,1H3,(H,20,24)(H,21,23). The number of hydrogen-bond acceptors (Lipinski definition) is 6. The molecule has 2 N–H and O–H groups in total. The Morgan fingerprint density at radius 1 is 0.964 bits per heavy atom. The van der Waals surface area contributed by atoms with Crippen LogP contribution in [0, 0.1) is 17.0 Å². The van der Waals surface area contributed by atoms with Crippen molar-refractivity contribution in [2.75, 3.05) is 17.2 Å². The monoisotopic (exact) mass is 385 g/mol. The van der Waals surface area contributed by atoms with Gasteiger partial charge < -0.3 is 15.4 Å². The number of amides is 2. The maximum Gasteiger partial charge on any atom is 0.306 e. The lowest BCUT2D eigenvalue weighted by atomic mass is 10.2. The lowest BCUT2D eigenvalue weighted by molar-refractivity contribution is -0.384. The molecule has 2 amide bonds. The molecule has 0 spiro atoms. The van der Waals surface area contributed by atoms with E-state index in [0.29, 0.717) is 5.69 Å². The Labute approximate surface area is 160 Å². The number of nitrogens with one attached hydrogen (secondary N) is 2. The minimum absolute atomic E-state index is 0.156. The van der Waals surface area contributed by atoms with Crippen LogP contribution in [0.2, 0.25) is 0 Å². The number of nitrogens with zero attached hydrogens (tertiary/aromatic N) is 1. The predicted octanol–water partition coefficient (Wildman–Crippen LogP) is 2.80. The van der Waals surface area contributed by atoms with Gasteiger partial charge in [-0.05, 0) is 25.1 Å². The highest BCUT2D eigenvalue weighted by Gasteiger charge is 2.12. The molecule has 0 radical (unpaired) electrons. The topological polar surface area (TPSA) is 128 Å². The Kier molecular flexibility index (Phi) is 7.21. The van der Waals surface area contributed by atoms with E-state index in [4.69, 9.17) is 4.74 Å². The summed E-state index contributed by atoms with van der Waals surface area (Å²) in [6, 6.07) is 12.6. The van der Waals surface area contributed by atoms with Crippen LogP contribution in [0.25, 0.3) is 0 Å². The van der Waals surface area contributed by atoms with Crippen LogP contribution in [-0.2, 0) is 19.1 Å². The highest BCUT2D eigenvalue weighted by molar-refractivity contribution is 5.94. The Morgan fingerprint density at radius 3 is 2.32 bits per heavy atom. The van der Waals surface area contributed by atoms with Crippen molar-refractivity contribution in [3.63, 3.8) is 0 Å². The van der Waals surface area contributed by atoms with Crippen LogP contribution in [0.15, 0.2) is 48.5 Å². The number of ether oxygens (including phenoxy) is 1. The van der Waals surface area contributed by atoms with Gasteiger partial charge in [0, 0.05) is 29.9 Å². The van der Waals surface area contributed by atoms with E-state index in [9.17, 15) is 24.5 Å². The number of hydrogen-bond donors (Lipinski definition) is 2. The number of nitro groups is 1. The number of anilines is 2. The molecule has 146 valence electrons. The first-order chi connectivity index (χ1) is 13.3. The Hall–Kier alpha value is -3.75. The summed E-state index contributed by atoms with van der Waals surface area (Å²) in [5, 5.41) is 15.8. The second-order valence-corrected chi connectivity index (χ2v) is 5.93. The summed E-state index contributed by atoms with van der Waals surface area (Å²) in [6.07, 6.45) is -0.403. The van der Waals surface area contributed by atoms with E-state index in [-0.39, 0.29) is 24.2 Å². The summed E-state index contributed by atoms with van der Waals surface area (Å²) in [6.45, 7) is 1.46. The van der Waals surface area contributed by atoms with Gasteiger partial charge in [0.05, 0.1) is 11.3 Å². The summed E-state index contributed by atoms with van der Waals surface area (Å²) in [5.74, 6) is -1.69. The van der Waals surface area contributed by atoms with E-state index in [1.54, 1.807) is 12.1 Å². The Balaban J connectivity index is 1.70. The zero-order chi connectivity index (χ0) is 20.5. The van der Waals surface area contributed by atoms with Gasteiger partial charge in [-0.2, -0.15) is 0 Å². The van der Waals surface area contributed by atoms with Crippen LogP contribution in [0.4, 0.5) is 17.1 Å². The normalized spacial score (nSPS) is 10.0. The molecule has 28 heavy (non-hydrogen) atoms. The summed E-state index contributed by atoms with van der Waals surface area (Å²) >= 11 is 0. The molecule has 0 heterocycles. The zero-order valence-electron chi connectivity index (χ0n) is 15.1. The highest BCUT2D eigenvalue weighted by atomic mass is 16.6. The van der Waals surface area contributed by atoms with Gasteiger partial charge in [0.15, 0.2) is 6.61 Å². The molecule has 0 unspecified atom stereocenters. The van der Waals surface area contributed by atoms with Gasteiger partial charge in [0.2, 0.25) is 5.91 Å². The number of carbonyl (C=O) groups is 3. The van der Waals surface area contributed by atoms with Crippen molar-refractivity contribution in [1.29, 1.82) is 0 Å². The zero-order valence-corrected chi connectivity index (χ0v) is 15.1. The minimum atomic E-state index is -0.701. The molecule has 0 aromatic heterocycles. The number of non-ortho nitro benzene ring substituents is 1. The lowest BCUT2D eigenvalue weighted by Crippen LogP contribution is -2.21. The highest BCUT2D eigenvalue weighted by Crippen LogP contribution is 2.17. The molecule has 2 aromatic rings. The third kappa shape index (κ3) is 6.87. The summed E-state index contributed by atoms with van der Waals surface area (Å²) in [4.78, 5) is 45.4. The molecule has 9 nitrogen and oxygen atoms in total. The Morgan fingerprint density at radius 2 is 1.64 bits per heavy atom. The first kappa shape index (κ1) is 20.6. The van der Waals surface area contributed by atoms with Crippen LogP contribution < -0.4 is 10.6 Å². The van der Waals surface area contributed by atoms with Crippen molar-refractivity contribution < 1.29 is 24.0 Å². The van der Waals surface area contributed by atoms with Gasteiger partial charge in [-0.15, -0.1) is 0 Å². The second-order valence-electron chi connectivity index (χ2n) is 5.93. The van der Waals surface area contributed by atoms with Gasteiger partial charge in [-0.1, -0.05) is 23.8 Å². The number of nitro benzene ring substituents is 1. The fraction of sp³-hybridized carbons (Fsp3) is 0.211. The molecule has 9 heteroatoms. The van der Waals surface area contributed by atoms with Gasteiger partial charge in [0.25, 0.3) is 11.6 Å². The second kappa shape index (κ2) is 9.81. The predicted molar refractivity (Wildman–Crippen MR) is 102 cm³/mol. The molecule has 0 atom stereocenters. The largest absolute Gasteiger partial charge is 0.456 e. The van der Waals surface area contributed by atoms with Crippen LogP contribution in [0.3, 0.4) is 0 Å². The van der Waals surface area contributed by atoms with E-state index in [1.807, 2.05) is 19.1 Å². The minimum Gasteiger partial charge on any atom is -0.456 e. The number of aryl methyl sites for hydroxylation is 1. The number of esters is 1. The molecular weight excluding hydrogens is 366 g/mol. The fourth-order valence-corrected chi connectivity index (χ4v) is 2.19. The van der Waals surface area contributed by atoms with Gasteiger partial charge in [-0.25, -0.2) is 0 Å². The van der Waals surface area contributed by atoms with Crippen molar-refractivity contribution >= 4 is 34.8 Å². The molecule has 0 saturated heterocycles. The average Bonchev–Trinajstić information content (AvgIpc) is 2.66. The molecule has 0 aliphatic rings. The lowest BCUT2D eigenvalue weighted by Gasteiger charge is -2.07. The van der Waals surface area contributed by atoms with Crippen molar-refractivity contribution in [2.45, 2.75) is 19.8 Å². The maximum absolute atomic E-state index is 11.8. The van der Waals surface area contributed by atoms with E-state index >= 15 is 0 Å². The number of carbonyl (C=O) groups excluding carboxylic acids is 3. The van der Waals surface area contributed by atoms with Crippen molar-refractivity contribution in [3.05, 3.63) is 64.2 Å². The summed E-state index contributed by atoms with van der Waals surface area (Å²) in [7, 11) is 0. The van der Waals surface area contributed by atoms with E-state index in [2.05, 4.69) is 10.6 Å². The van der Waals surface area contributed by atoms with Crippen LogP contribution in [-0.4, -0.2) is 29.3 Å². The first-order valence-electron chi connectivity index (χ1n) is 8.40. The third-order valence-corrected chi connectivity index (χ3v) is 3.60. The van der Waals surface area contributed by atoms with Crippen molar-refractivity contribution in [1.82, 2.24) is 0 Å².